The Kier molecular flexibility index (Phi) is 8.15. The van der Waals surface area contributed by atoms with E-state index in [4.69, 9.17) is 0 Å². The molecule has 1 aromatic carbocycles. The van der Waals surface area contributed by atoms with Gasteiger partial charge < -0.3 is 10.6 Å². The van der Waals surface area contributed by atoms with Gasteiger partial charge in [0.15, 0.2) is 5.96 Å². The summed E-state index contributed by atoms with van der Waals surface area (Å²) in [6, 6.07) is 13.1. The second-order valence-electron chi connectivity index (χ2n) is 6.32. The molecule has 0 amide bonds. The van der Waals surface area contributed by atoms with E-state index >= 15 is 0 Å². The van der Waals surface area contributed by atoms with Crippen LogP contribution >= 0.6 is 0 Å². The van der Waals surface area contributed by atoms with Gasteiger partial charge in [0, 0.05) is 32.9 Å². The lowest BCUT2D eigenvalue weighted by atomic mass is 10.0. The predicted octanol–water partition coefficient (Wildman–Crippen LogP) is 2.04. The van der Waals surface area contributed by atoms with Crippen LogP contribution in [0.4, 0.5) is 0 Å². The van der Waals surface area contributed by atoms with Gasteiger partial charge in [0.25, 0.3) is 0 Å². The van der Waals surface area contributed by atoms with Crippen molar-refractivity contribution in [1.82, 2.24) is 25.3 Å². The highest BCUT2D eigenvalue weighted by Gasteiger charge is 2.17. The molecule has 142 valence electrons. The lowest BCUT2D eigenvalue weighted by Gasteiger charge is -2.30. The molecule has 0 saturated heterocycles. The van der Waals surface area contributed by atoms with E-state index in [1.165, 1.54) is 5.56 Å². The van der Waals surface area contributed by atoms with Crippen molar-refractivity contribution in [2.24, 2.45) is 12.0 Å². The van der Waals surface area contributed by atoms with E-state index in [-0.39, 0.29) is 0 Å². The van der Waals surface area contributed by atoms with E-state index in [0.29, 0.717) is 12.6 Å². The Balaban J connectivity index is 1.94. The van der Waals surface area contributed by atoms with Crippen LogP contribution in [0.1, 0.15) is 25.1 Å². The number of hydrogen-bond donors (Lipinski definition) is 2. The monoisotopic (exact) mass is 356 g/mol. The number of aromatic nitrogens is 2. The molecule has 6 nitrogen and oxygen atoms in total. The molecule has 1 heterocycles. The van der Waals surface area contributed by atoms with Crippen LogP contribution in [0.15, 0.2) is 47.6 Å². The Hall–Kier alpha value is -2.34. The van der Waals surface area contributed by atoms with Crippen LogP contribution in [0, 0.1) is 0 Å². The summed E-state index contributed by atoms with van der Waals surface area (Å²) in [6.45, 7) is 8.06. The lowest BCUT2D eigenvalue weighted by molar-refractivity contribution is 0.215. The van der Waals surface area contributed by atoms with Crippen LogP contribution < -0.4 is 10.6 Å². The summed E-state index contributed by atoms with van der Waals surface area (Å²) in [5, 5.41) is 11.1. The smallest absolute Gasteiger partial charge is 0.191 e. The van der Waals surface area contributed by atoms with E-state index in [9.17, 15) is 0 Å². The van der Waals surface area contributed by atoms with Gasteiger partial charge in [-0.05, 0) is 31.1 Å². The van der Waals surface area contributed by atoms with Gasteiger partial charge in [0.1, 0.15) is 0 Å². The zero-order chi connectivity index (χ0) is 18.8. The average molecular weight is 357 g/mol. The summed E-state index contributed by atoms with van der Waals surface area (Å²) in [4.78, 5) is 6.85. The van der Waals surface area contributed by atoms with Crippen LogP contribution in [0.2, 0.25) is 0 Å². The van der Waals surface area contributed by atoms with Crippen molar-refractivity contribution in [2.75, 3.05) is 26.7 Å². The van der Waals surface area contributed by atoms with Gasteiger partial charge in [-0.3, -0.25) is 14.6 Å². The molecule has 6 heteroatoms. The molecule has 0 aliphatic heterocycles. The van der Waals surface area contributed by atoms with Gasteiger partial charge in [-0.15, -0.1) is 0 Å². The molecule has 0 aliphatic carbocycles. The fourth-order valence-corrected chi connectivity index (χ4v) is 3.14. The highest BCUT2D eigenvalue weighted by Crippen LogP contribution is 2.08. The number of guanidine groups is 1. The third kappa shape index (κ3) is 5.88. The number of benzene rings is 1. The van der Waals surface area contributed by atoms with Crippen LogP contribution in [0.3, 0.4) is 0 Å². The van der Waals surface area contributed by atoms with Gasteiger partial charge in [0.2, 0.25) is 0 Å². The number of likely N-dealkylation sites (N-methyl/N-ethyl adjacent to an activating group) is 1. The second kappa shape index (κ2) is 10.6. The quantitative estimate of drug-likeness (QED) is 0.533. The number of rotatable bonds is 9. The molecule has 1 aromatic heterocycles. The Labute approximate surface area is 157 Å². The minimum absolute atomic E-state index is 0.419. The molecular formula is C20H32N6. The number of nitrogens with zero attached hydrogens (tertiary/aromatic N) is 4. The standard InChI is InChI=1S/C20H32N6/c1-5-26(6-2)19(14-17-10-8-7-9-11-17)16-23-20(21-3)22-15-18-12-13-24-25(18)4/h7-13,19H,5-6,14-16H2,1-4H3,(H2,21,22,23). The highest BCUT2D eigenvalue weighted by atomic mass is 15.3. The normalized spacial score (nSPS) is 13.0. The summed E-state index contributed by atoms with van der Waals surface area (Å²) in [6.07, 6.45) is 2.83. The van der Waals surface area contributed by atoms with Crippen LogP contribution in [0.25, 0.3) is 0 Å². The predicted molar refractivity (Wildman–Crippen MR) is 108 cm³/mol. The Bertz CT molecular complexity index is 660. The molecule has 1 atom stereocenters. The zero-order valence-corrected chi connectivity index (χ0v) is 16.4. The van der Waals surface area contributed by atoms with Crippen molar-refractivity contribution in [3.63, 3.8) is 0 Å². The second-order valence-corrected chi connectivity index (χ2v) is 6.32. The molecule has 0 saturated carbocycles. The largest absolute Gasteiger partial charge is 0.355 e. The fraction of sp³-hybridized carbons (Fsp3) is 0.500. The topological polar surface area (TPSA) is 57.5 Å². The molecule has 1 unspecified atom stereocenters. The van der Waals surface area contributed by atoms with Crippen molar-refractivity contribution in [3.05, 3.63) is 53.9 Å². The van der Waals surface area contributed by atoms with Crippen molar-refractivity contribution >= 4 is 5.96 Å². The van der Waals surface area contributed by atoms with Gasteiger partial charge in [-0.2, -0.15) is 5.10 Å². The first-order chi connectivity index (χ1) is 12.7. The van der Waals surface area contributed by atoms with Gasteiger partial charge in [-0.25, -0.2) is 0 Å². The van der Waals surface area contributed by atoms with Crippen molar-refractivity contribution < 1.29 is 0 Å². The molecule has 0 fully saturated rings. The molecule has 0 aliphatic rings. The summed E-state index contributed by atoms with van der Waals surface area (Å²) < 4.78 is 1.87. The Morgan fingerprint density at radius 2 is 1.88 bits per heavy atom. The lowest BCUT2D eigenvalue weighted by Crippen LogP contribution is -2.48. The average Bonchev–Trinajstić information content (AvgIpc) is 3.08. The zero-order valence-electron chi connectivity index (χ0n) is 16.4. The Morgan fingerprint density at radius 1 is 1.15 bits per heavy atom. The van der Waals surface area contributed by atoms with E-state index in [1.54, 1.807) is 0 Å². The summed E-state index contributed by atoms with van der Waals surface area (Å²) in [5.74, 6) is 0.816. The fourth-order valence-electron chi connectivity index (χ4n) is 3.14. The summed E-state index contributed by atoms with van der Waals surface area (Å²) in [5.41, 5.74) is 2.49. The SMILES string of the molecule is CCN(CC)C(CNC(=NC)NCc1ccnn1C)Cc1ccccc1. The van der Waals surface area contributed by atoms with E-state index < -0.39 is 0 Å². The maximum absolute atomic E-state index is 4.35. The molecule has 2 rings (SSSR count). The van der Waals surface area contributed by atoms with E-state index in [0.717, 1.165) is 37.7 Å². The minimum atomic E-state index is 0.419. The van der Waals surface area contributed by atoms with Crippen molar-refractivity contribution in [1.29, 1.82) is 0 Å². The summed E-state index contributed by atoms with van der Waals surface area (Å²) in [7, 11) is 3.76. The molecule has 0 bridgehead atoms. The first-order valence-corrected chi connectivity index (χ1v) is 9.37. The molecule has 2 aromatic rings. The van der Waals surface area contributed by atoms with Crippen LogP contribution in [-0.4, -0.2) is 53.4 Å². The number of nitrogens with one attached hydrogen (secondary N) is 2. The molecule has 2 N–H and O–H groups in total. The van der Waals surface area contributed by atoms with E-state index in [1.807, 2.05) is 31.0 Å². The first kappa shape index (κ1) is 20.0. The summed E-state index contributed by atoms with van der Waals surface area (Å²) >= 11 is 0. The number of aliphatic imine (C=N–C) groups is 1. The first-order valence-electron chi connectivity index (χ1n) is 9.37. The third-order valence-electron chi connectivity index (χ3n) is 4.73. The minimum Gasteiger partial charge on any atom is -0.355 e. The highest BCUT2D eigenvalue weighted by molar-refractivity contribution is 5.79. The van der Waals surface area contributed by atoms with Crippen LogP contribution in [0.5, 0.6) is 0 Å². The van der Waals surface area contributed by atoms with Crippen molar-refractivity contribution in [2.45, 2.75) is 32.9 Å². The van der Waals surface area contributed by atoms with Gasteiger partial charge in [-0.1, -0.05) is 44.2 Å². The molecule has 26 heavy (non-hydrogen) atoms. The number of aryl methyl sites for hydroxylation is 1. The number of hydrogen-bond acceptors (Lipinski definition) is 3. The van der Waals surface area contributed by atoms with Crippen LogP contribution in [-0.2, 0) is 20.0 Å². The molecular weight excluding hydrogens is 324 g/mol. The van der Waals surface area contributed by atoms with Gasteiger partial charge in [0.05, 0.1) is 12.2 Å². The Morgan fingerprint density at radius 3 is 2.46 bits per heavy atom. The van der Waals surface area contributed by atoms with Gasteiger partial charge >= 0.3 is 0 Å². The molecule has 0 radical (unpaired) electrons. The maximum atomic E-state index is 4.35. The van der Waals surface area contributed by atoms with Crippen molar-refractivity contribution in [3.8, 4) is 0 Å². The molecule has 0 spiro atoms. The maximum Gasteiger partial charge on any atom is 0.191 e. The third-order valence-corrected chi connectivity index (χ3v) is 4.73. The van der Waals surface area contributed by atoms with E-state index in [2.05, 4.69) is 69.8 Å².